The van der Waals surface area contributed by atoms with Gasteiger partial charge in [-0.25, -0.2) is 4.98 Å². The first-order valence-electron chi connectivity index (χ1n) is 7.48. The number of hydrogen-bond acceptors (Lipinski definition) is 2. The van der Waals surface area contributed by atoms with Crippen LogP contribution < -0.4 is 5.73 Å². The number of nitrogens with two attached hydrogens (primary N) is 1. The lowest BCUT2D eigenvalue weighted by molar-refractivity contribution is 0.757. The van der Waals surface area contributed by atoms with Gasteiger partial charge in [-0.05, 0) is 36.2 Å². The standard InChI is InChI=1S/C18H21N3/c1-4-13-7-5-6-8-16(13)21-17-10-9-14(19)11-15(17)20-18(21)12(2)3/h5-12H,4,19H2,1-3H3. The molecular weight excluding hydrogens is 258 g/mol. The number of aromatic nitrogens is 2. The van der Waals surface area contributed by atoms with Gasteiger partial charge in [-0.1, -0.05) is 39.0 Å². The Morgan fingerprint density at radius 1 is 1.14 bits per heavy atom. The molecule has 1 heterocycles. The van der Waals surface area contributed by atoms with E-state index in [0.29, 0.717) is 5.92 Å². The molecule has 0 fully saturated rings. The van der Waals surface area contributed by atoms with Gasteiger partial charge < -0.3 is 5.73 Å². The van der Waals surface area contributed by atoms with Crippen LogP contribution in [0.4, 0.5) is 5.69 Å². The van der Waals surface area contributed by atoms with E-state index in [2.05, 4.69) is 55.7 Å². The summed E-state index contributed by atoms with van der Waals surface area (Å²) in [5, 5.41) is 0. The molecule has 108 valence electrons. The fraction of sp³-hybridized carbons (Fsp3) is 0.278. The molecule has 0 aliphatic heterocycles. The van der Waals surface area contributed by atoms with Crippen molar-refractivity contribution in [1.82, 2.24) is 9.55 Å². The van der Waals surface area contributed by atoms with Crippen LogP contribution >= 0.6 is 0 Å². The Kier molecular flexibility index (Phi) is 3.42. The molecular formula is C18H21N3. The molecule has 3 heteroatoms. The molecule has 1 aromatic heterocycles. The molecule has 0 saturated carbocycles. The molecule has 0 bridgehead atoms. The van der Waals surface area contributed by atoms with E-state index in [1.165, 1.54) is 11.3 Å². The highest BCUT2D eigenvalue weighted by molar-refractivity contribution is 5.82. The van der Waals surface area contributed by atoms with E-state index < -0.39 is 0 Å². The van der Waals surface area contributed by atoms with Gasteiger partial charge in [0.1, 0.15) is 5.82 Å². The summed E-state index contributed by atoms with van der Waals surface area (Å²) in [6.45, 7) is 6.54. The first kappa shape index (κ1) is 13.7. The third-order valence-corrected chi connectivity index (χ3v) is 3.83. The zero-order chi connectivity index (χ0) is 15.0. The fourth-order valence-corrected chi connectivity index (χ4v) is 2.78. The van der Waals surface area contributed by atoms with Crippen LogP contribution in [0.2, 0.25) is 0 Å². The summed E-state index contributed by atoms with van der Waals surface area (Å²) in [5.41, 5.74) is 11.3. The summed E-state index contributed by atoms with van der Waals surface area (Å²) in [6, 6.07) is 14.5. The maximum Gasteiger partial charge on any atom is 0.117 e. The van der Waals surface area contributed by atoms with Gasteiger partial charge in [-0.2, -0.15) is 0 Å². The van der Waals surface area contributed by atoms with E-state index >= 15 is 0 Å². The van der Waals surface area contributed by atoms with Crippen LogP contribution in [0.1, 0.15) is 38.1 Å². The third kappa shape index (κ3) is 2.29. The number of fused-ring (bicyclic) bond motifs is 1. The largest absolute Gasteiger partial charge is 0.399 e. The van der Waals surface area contributed by atoms with Crippen LogP contribution in [0.25, 0.3) is 16.7 Å². The summed E-state index contributed by atoms with van der Waals surface area (Å²) in [6.07, 6.45) is 1.00. The van der Waals surface area contributed by atoms with E-state index in [1.807, 2.05) is 12.1 Å². The number of imidazole rings is 1. The average molecular weight is 279 g/mol. The van der Waals surface area contributed by atoms with Gasteiger partial charge in [0, 0.05) is 11.6 Å². The lowest BCUT2D eigenvalue weighted by Gasteiger charge is -2.15. The lowest BCUT2D eigenvalue weighted by atomic mass is 10.1. The number of aryl methyl sites for hydroxylation is 1. The number of rotatable bonds is 3. The van der Waals surface area contributed by atoms with Crippen LogP contribution in [0.5, 0.6) is 0 Å². The fourth-order valence-electron chi connectivity index (χ4n) is 2.78. The number of benzene rings is 2. The van der Waals surface area contributed by atoms with Crippen LogP contribution in [-0.2, 0) is 6.42 Å². The number of nitrogen functional groups attached to an aromatic ring is 1. The Morgan fingerprint density at radius 2 is 1.90 bits per heavy atom. The smallest absolute Gasteiger partial charge is 0.117 e. The highest BCUT2D eigenvalue weighted by atomic mass is 15.1. The Morgan fingerprint density at radius 3 is 2.62 bits per heavy atom. The Hall–Kier alpha value is -2.29. The van der Waals surface area contributed by atoms with E-state index in [4.69, 9.17) is 10.7 Å². The van der Waals surface area contributed by atoms with E-state index in [-0.39, 0.29) is 0 Å². The van der Waals surface area contributed by atoms with Crippen molar-refractivity contribution in [2.45, 2.75) is 33.1 Å². The normalized spacial score (nSPS) is 11.4. The zero-order valence-corrected chi connectivity index (χ0v) is 12.8. The molecule has 0 atom stereocenters. The summed E-state index contributed by atoms with van der Waals surface area (Å²) in [5.74, 6) is 1.43. The van der Waals surface area contributed by atoms with Crippen LogP contribution in [0.3, 0.4) is 0 Å². The van der Waals surface area contributed by atoms with Crippen LogP contribution in [-0.4, -0.2) is 9.55 Å². The maximum atomic E-state index is 5.90. The minimum Gasteiger partial charge on any atom is -0.399 e. The second-order valence-electron chi connectivity index (χ2n) is 5.69. The second kappa shape index (κ2) is 5.24. The van der Waals surface area contributed by atoms with Crippen molar-refractivity contribution < 1.29 is 0 Å². The SMILES string of the molecule is CCc1ccccc1-n1c(C(C)C)nc2cc(N)ccc21. The quantitative estimate of drug-likeness (QED) is 0.727. The van der Waals surface area contributed by atoms with Gasteiger partial charge in [-0.3, -0.25) is 4.57 Å². The Bertz CT molecular complexity index is 784. The topological polar surface area (TPSA) is 43.8 Å². The van der Waals surface area contributed by atoms with E-state index in [9.17, 15) is 0 Å². The zero-order valence-electron chi connectivity index (χ0n) is 12.8. The molecule has 2 N–H and O–H groups in total. The third-order valence-electron chi connectivity index (χ3n) is 3.83. The molecule has 0 saturated heterocycles. The number of nitrogens with zero attached hydrogens (tertiary/aromatic N) is 2. The molecule has 21 heavy (non-hydrogen) atoms. The van der Waals surface area contributed by atoms with Gasteiger partial charge in [0.25, 0.3) is 0 Å². The van der Waals surface area contributed by atoms with Gasteiger partial charge in [0.15, 0.2) is 0 Å². The minimum absolute atomic E-state index is 0.350. The predicted molar refractivity (Wildman–Crippen MR) is 88.9 cm³/mol. The maximum absolute atomic E-state index is 5.90. The summed E-state index contributed by atoms with van der Waals surface area (Å²) in [4.78, 5) is 4.81. The van der Waals surface area contributed by atoms with Crippen molar-refractivity contribution in [2.24, 2.45) is 0 Å². The van der Waals surface area contributed by atoms with Gasteiger partial charge in [-0.15, -0.1) is 0 Å². The van der Waals surface area contributed by atoms with Crippen molar-refractivity contribution in [3.05, 3.63) is 53.9 Å². The highest BCUT2D eigenvalue weighted by Gasteiger charge is 2.16. The molecule has 3 nitrogen and oxygen atoms in total. The Balaban J connectivity index is 2.37. The number of para-hydroxylation sites is 1. The molecule has 0 radical (unpaired) electrons. The number of hydrogen-bond donors (Lipinski definition) is 1. The molecule has 2 aromatic carbocycles. The lowest BCUT2D eigenvalue weighted by Crippen LogP contribution is -2.05. The predicted octanol–water partition coefficient (Wildman–Crippen LogP) is 4.29. The van der Waals surface area contributed by atoms with E-state index in [1.54, 1.807) is 0 Å². The molecule has 3 rings (SSSR count). The van der Waals surface area contributed by atoms with Crippen molar-refractivity contribution >= 4 is 16.7 Å². The highest BCUT2D eigenvalue weighted by Crippen LogP contribution is 2.29. The summed E-state index contributed by atoms with van der Waals surface area (Å²) in [7, 11) is 0. The molecule has 0 spiro atoms. The van der Waals surface area contributed by atoms with E-state index in [0.717, 1.165) is 29.0 Å². The summed E-state index contributed by atoms with van der Waals surface area (Å²) >= 11 is 0. The van der Waals surface area contributed by atoms with Crippen LogP contribution in [0.15, 0.2) is 42.5 Å². The molecule has 3 aromatic rings. The Labute approximate surface area is 125 Å². The average Bonchev–Trinajstić information content (AvgIpc) is 2.85. The molecule has 0 aliphatic rings. The van der Waals surface area contributed by atoms with Gasteiger partial charge in [0.2, 0.25) is 0 Å². The first-order chi connectivity index (χ1) is 10.1. The molecule has 0 amide bonds. The minimum atomic E-state index is 0.350. The summed E-state index contributed by atoms with van der Waals surface area (Å²) < 4.78 is 2.28. The molecule has 0 aliphatic carbocycles. The second-order valence-corrected chi connectivity index (χ2v) is 5.69. The molecule has 0 unspecified atom stereocenters. The first-order valence-corrected chi connectivity index (χ1v) is 7.48. The monoisotopic (exact) mass is 279 g/mol. The van der Waals surface area contributed by atoms with Gasteiger partial charge in [0.05, 0.1) is 16.7 Å². The van der Waals surface area contributed by atoms with Crippen molar-refractivity contribution in [3.8, 4) is 5.69 Å². The van der Waals surface area contributed by atoms with Crippen molar-refractivity contribution in [1.29, 1.82) is 0 Å². The number of anilines is 1. The van der Waals surface area contributed by atoms with Crippen molar-refractivity contribution in [3.63, 3.8) is 0 Å². The van der Waals surface area contributed by atoms with Gasteiger partial charge >= 0.3 is 0 Å². The van der Waals surface area contributed by atoms with Crippen LogP contribution in [0, 0.1) is 0 Å². The van der Waals surface area contributed by atoms with Crippen molar-refractivity contribution in [2.75, 3.05) is 5.73 Å².